The summed E-state index contributed by atoms with van der Waals surface area (Å²) in [4.78, 5) is 0. The normalized spacial score (nSPS) is 49.2. The number of rotatable bonds is 1. The molecule has 3 unspecified atom stereocenters. The number of hydrogen-bond donors (Lipinski definition) is 2. The lowest BCUT2D eigenvalue weighted by Gasteiger charge is -2.40. The fourth-order valence-electron chi connectivity index (χ4n) is 1.76. The molecule has 0 aromatic heterocycles. The standard InChI is InChI=1S/C9H18O3/c1-4-7-5(2)8(10)9(11)6(3)12-7/h5-11H,4H2,1-3H3/t5-,6?,7?,8?,9+/m1/s1. The number of ether oxygens (including phenoxy) is 1. The zero-order valence-corrected chi connectivity index (χ0v) is 7.90. The van der Waals surface area contributed by atoms with Gasteiger partial charge in [0.15, 0.2) is 0 Å². The molecule has 1 heterocycles. The lowest BCUT2D eigenvalue weighted by atomic mass is 9.87. The van der Waals surface area contributed by atoms with Gasteiger partial charge in [-0.05, 0) is 13.3 Å². The summed E-state index contributed by atoms with van der Waals surface area (Å²) in [5.41, 5.74) is 0. The van der Waals surface area contributed by atoms with E-state index in [1.165, 1.54) is 0 Å². The third kappa shape index (κ3) is 1.63. The van der Waals surface area contributed by atoms with Crippen LogP contribution in [0.5, 0.6) is 0 Å². The topological polar surface area (TPSA) is 49.7 Å². The van der Waals surface area contributed by atoms with Gasteiger partial charge in [0.25, 0.3) is 0 Å². The Morgan fingerprint density at radius 3 is 2.25 bits per heavy atom. The quantitative estimate of drug-likeness (QED) is 0.610. The summed E-state index contributed by atoms with van der Waals surface area (Å²) in [5.74, 6) is 0.0289. The van der Waals surface area contributed by atoms with Crippen LogP contribution in [0, 0.1) is 5.92 Å². The van der Waals surface area contributed by atoms with Crippen LogP contribution in [0.15, 0.2) is 0 Å². The fourth-order valence-corrected chi connectivity index (χ4v) is 1.76. The van der Waals surface area contributed by atoms with Crippen molar-refractivity contribution in [3.8, 4) is 0 Å². The smallest absolute Gasteiger partial charge is 0.106 e. The second kappa shape index (κ2) is 3.73. The average Bonchev–Trinajstić information content (AvgIpc) is 2.08. The van der Waals surface area contributed by atoms with Crippen LogP contribution in [0.2, 0.25) is 0 Å². The minimum Gasteiger partial charge on any atom is -0.390 e. The van der Waals surface area contributed by atoms with Crippen LogP contribution in [-0.4, -0.2) is 34.6 Å². The number of aliphatic hydroxyl groups excluding tert-OH is 2. The molecule has 3 heteroatoms. The first-order chi connectivity index (χ1) is 5.57. The van der Waals surface area contributed by atoms with E-state index in [2.05, 4.69) is 0 Å². The van der Waals surface area contributed by atoms with Crippen molar-refractivity contribution in [3.05, 3.63) is 0 Å². The summed E-state index contributed by atoms with van der Waals surface area (Å²) >= 11 is 0. The first kappa shape index (κ1) is 9.96. The van der Waals surface area contributed by atoms with E-state index in [0.29, 0.717) is 0 Å². The third-order valence-electron chi connectivity index (χ3n) is 2.75. The molecule has 0 spiro atoms. The van der Waals surface area contributed by atoms with E-state index in [1.807, 2.05) is 13.8 Å². The van der Waals surface area contributed by atoms with E-state index in [-0.39, 0.29) is 18.1 Å². The van der Waals surface area contributed by atoms with E-state index in [9.17, 15) is 10.2 Å². The average molecular weight is 174 g/mol. The van der Waals surface area contributed by atoms with Crippen LogP contribution in [0.3, 0.4) is 0 Å². The van der Waals surface area contributed by atoms with Crippen molar-refractivity contribution in [2.45, 2.75) is 51.6 Å². The summed E-state index contributed by atoms with van der Waals surface area (Å²) < 4.78 is 5.52. The van der Waals surface area contributed by atoms with Crippen molar-refractivity contribution in [3.63, 3.8) is 0 Å². The summed E-state index contributed by atoms with van der Waals surface area (Å²) in [6.45, 7) is 5.73. The van der Waals surface area contributed by atoms with Gasteiger partial charge in [0.2, 0.25) is 0 Å². The lowest BCUT2D eigenvalue weighted by molar-refractivity contribution is -0.190. The van der Waals surface area contributed by atoms with Gasteiger partial charge in [-0.15, -0.1) is 0 Å². The van der Waals surface area contributed by atoms with Gasteiger partial charge in [0.1, 0.15) is 6.10 Å². The van der Waals surface area contributed by atoms with Gasteiger partial charge in [0.05, 0.1) is 18.3 Å². The van der Waals surface area contributed by atoms with Crippen molar-refractivity contribution in [2.75, 3.05) is 0 Å². The SMILES string of the molecule is CCC1OC(C)[C@H](O)C(O)[C@@H]1C. The zero-order chi connectivity index (χ0) is 9.30. The molecule has 1 aliphatic heterocycles. The van der Waals surface area contributed by atoms with Crippen LogP contribution in [0.25, 0.3) is 0 Å². The van der Waals surface area contributed by atoms with E-state index in [1.54, 1.807) is 6.92 Å². The van der Waals surface area contributed by atoms with Crippen molar-refractivity contribution < 1.29 is 14.9 Å². The second-order valence-electron chi connectivity index (χ2n) is 3.63. The Bertz CT molecular complexity index is 144. The molecular formula is C9H18O3. The molecule has 72 valence electrons. The Balaban J connectivity index is 2.63. The predicted octanol–water partition coefficient (Wildman–Crippen LogP) is 0.542. The third-order valence-corrected chi connectivity index (χ3v) is 2.75. The summed E-state index contributed by atoms with van der Waals surface area (Å²) in [6, 6.07) is 0. The van der Waals surface area contributed by atoms with Crippen LogP contribution in [-0.2, 0) is 4.74 Å². The van der Waals surface area contributed by atoms with E-state index < -0.39 is 12.2 Å². The van der Waals surface area contributed by atoms with Crippen LogP contribution < -0.4 is 0 Å². The molecule has 0 radical (unpaired) electrons. The van der Waals surface area contributed by atoms with E-state index in [0.717, 1.165) is 6.42 Å². The molecule has 1 fully saturated rings. The second-order valence-corrected chi connectivity index (χ2v) is 3.63. The van der Waals surface area contributed by atoms with Gasteiger partial charge in [-0.2, -0.15) is 0 Å². The van der Waals surface area contributed by atoms with E-state index >= 15 is 0 Å². The van der Waals surface area contributed by atoms with Crippen LogP contribution in [0.1, 0.15) is 27.2 Å². The van der Waals surface area contributed by atoms with Crippen molar-refractivity contribution in [1.82, 2.24) is 0 Å². The lowest BCUT2D eigenvalue weighted by Crippen LogP contribution is -2.52. The molecule has 0 aliphatic carbocycles. The summed E-state index contributed by atoms with van der Waals surface area (Å²) in [5, 5.41) is 19.0. The van der Waals surface area contributed by atoms with Gasteiger partial charge in [-0.25, -0.2) is 0 Å². The highest BCUT2D eigenvalue weighted by molar-refractivity contribution is 4.87. The molecular weight excluding hydrogens is 156 g/mol. The van der Waals surface area contributed by atoms with E-state index in [4.69, 9.17) is 4.74 Å². The molecule has 12 heavy (non-hydrogen) atoms. The van der Waals surface area contributed by atoms with Gasteiger partial charge in [0, 0.05) is 5.92 Å². The molecule has 0 aromatic rings. The molecule has 1 rings (SSSR count). The number of aliphatic hydroxyl groups is 2. The maximum Gasteiger partial charge on any atom is 0.106 e. The molecule has 0 aromatic carbocycles. The van der Waals surface area contributed by atoms with Crippen molar-refractivity contribution in [1.29, 1.82) is 0 Å². The Labute approximate surface area is 73.4 Å². The highest BCUT2D eigenvalue weighted by Gasteiger charge is 2.38. The highest BCUT2D eigenvalue weighted by atomic mass is 16.5. The Kier molecular flexibility index (Phi) is 3.09. The Morgan fingerprint density at radius 1 is 1.17 bits per heavy atom. The minimum absolute atomic E-state index is 0.0289. The Morgan fingerprint density at radius 2 is 1.75 bits per heavy atom. The van der Waals surface area contributed by atoms with Gasteiger partial charge in [-0.1, -0.05) is 13.8 Å². The molecule has 3 nitrogen and oxygen atoms in total. The highest BCUT2D eigenvalue weighted by Crippen LogP contribution is 2.27. The summed E-state index contributed by atoms with van der Waals surface area (Å²) in [7, 11) is 0. The predicted molar refractivity (Wildman–Crippen MR) is 45.8 cm³/mol. The van der Waals surface area contributed by atoms with Crippen molar-refractivity contribution >= 4 is 0 Å². The van der Waals surface area contributed by atoms with Crippen LogP contribution >= 0.6 is 0 Å². The fraction of sp³-hybridized carbons (Fsp3) is 1.00. The molecule has 2 N–H and O–H groups in total. The first-order valence-corrected chi connectivity index (χ1v) is 4.59. The monoisotopic (exact) mass is 174 g/mol. The molecule has 0 saturated carbocycles. The summed E-state index contributed by atoms with van der Waals surface area (Å²) in [6.07, 6.45) is -0.656. The van der Waals surface area contributed by atoms with Gasteiger partial charge >= 0.3 is 0 Å². The van der Waals surface area contributed by atoms with Crippen molar-refractivity contribution in [2.24, 2.45) is 5.92 Å². The van der Waals surface area contributed by atoms with Gasteiger partial charge < -0.3 is 14.9 Å². The largest absolute Gasteiger partial charge is 0.390 e. The Hall–Kier alpha value is -0.120. The zero-order valence-electron chi connectivity index (χ0n) is 7.90. The molecule has 5 atom stereocenters. The molecule has 0 bridgehead atoms. The van der Waals surface area contributed by atoms with Gasteiger partial charge in [-0.3, -0.25) is 0 Å². The minimum atomic E-state index is -0.734. The molecule has 0 amide bonds. The maximum atomic E-state index is 9.59. The molecule has 1 aliphatic rings. The molecule has 1 saturated heterocycles. The first-order valence-electron chi connectivity index (χ1n) is 4.59. The van der Waals surface area contributed by atoms with Crippen LogP contribution in [0.4, 0.5) is 0 Å². The number of hydrogen-bond acceptors (Lipinski definition) is 3. The maximum absolute atomic E-state index is 9.59.